The van der Waals surface area contributed by atoms with Gasteiger partial charge in [0.1, 0.15) is 4.21 Å². The van der Waals surface area contributed by atoms with Gasteiger partial charge in [-0.1, -0.05) is 0 Å². The molecular weight excluding hydrogens is 308 g/mol. The van der Waals surface area contributed by atoms with Gasteiger partial charge in [-0.05, 0) is 44.7 Å². The first-order chi connectivity index (χ1) is 10.1. The fourth-order valence-corrected chi connectivity index (χ4v) is 4.39. The summed E-state index contributed by atoms with van der Waals surface area (Å²) >= 11 is 1.36. The van der Waals surface area contributed by atoms with E-state index in [0.29, 0.717) is 36.4 Å². The van der Waals surface area contributed by atoms with Crippen LogP contribution in [0, 0.1) is 0 Å². The second-order valence-electron chi connectivity index (χ2n) is 5.15. The van der Waals surface area contributed by atoms with Crippen molar-refractivity contribution in [1.82, 2.24) is 10.0 Å². The predicted molar refractivity (Wildman–Crippen MR) is 85.3 cm³/mol. The Balaban J connectivity index is 1.74. The largest absolute Gasteiger partial charge is 0.382 e. The topological polar surface area (TPSA) is 67.4 Å². The predicted octanol–water partition coefficient (Wildman–Crippen LogP) is 1.75. The zero-order valence-corrected chi connectivity index (χ0v) is 14.1. The van der Waals surface area contributed by atoms with Crippen molar-refractivity contribution in [2.75, 3.05) is 26.3 Å². The molecule has 1 aliphatic rings. The molecule has 2 N–H and O–H groups in total. The van der Waals surface area contributed by atoms with E-state index < -0.39 is 10.0 Å². The van der Waals surface area contributed by atoms with Crippen molar-refractivity contribution in [2.45, 2.75) is 42.9 Å². The zero-order chi connectivity index (χ0) is 15.1. The van der Waals surface area contributed by atoms with Gasteiger partial charge in [-0.25, -0.2) is 13.1 Å². The Labute approximate surface area is 131 Å². The third kappa shape index (κ3) is 6.04. The summed E-state index contributed by atoms with van der Waals surface area (Å²) in [5.41, 5.74) is 0. The van der Waals surface area contributed by atoms with Gasteiger partial charge in [0.05, 0.1) is 0 Å². The van der Waals surface area contributed by atoms with Crippen molar-refractivity contribution in [1.29, 1.82) is 0 Å². The first kappa shape index (κ1) is 16.9. The van der Waals surface area contributed by atoms with Crippen LogP contribution in [0.1, 0.15) is 31.1 Å². The SMILES string of the molecule is CCOCCCNS(=O)(=O)c1ccc(CCNC2CC2)s1. The number of nitrogens with one attached hydrogen (secondary N) is 2. The summed E-state index contributed by atoms with van der Waals surface area (Å²) in [5, 5.41) is 3.43. The minimum atomic E-state index is -3.36. The molecule has 0 radical (unpaired) electrons. The summed E-state index contributed by atoms with van der Waals surface area (Å²) in [6.07, 6.45) is 4.13. The number of thiophene rings is 1. The molecule has 0 aliphatic heterocycles. The third-order valence-electron chi connectivity index (χ3n) is 3.25. The van der Waals surface area contributed by atoms with Crippen molar-refractivity contribution < 1.29 is 13.2 Å². The Bertz CT molecular complexity index is 524. The van der Waals surface area contributed by atoms with Crippen LogP contribution in [0.15, 0.2) is 16.3 Å². The minimum Gasteiger partial charge on any atom is -0.382 e. The van der Waals surface area contributed by atoms with Crippen LogP contribution in [0.2, 0.25) is 0 Å². The second-order valence-corrected chi connectivity index (χ2v) is 8.31. The van der Waals surface area contributed by atoms with E-state index in [1.165, 1.54) is 24.2 Å². The van der Waals surface area contributed by atoms with Gasteiger partial charge in [-0.2, -0.15) is 0 Å². The van der Waals surface area contributed by atoms with Crippen LogP contribution in [0.25, 0.3) is 0 Å². The summed E-state index contributed by atoms with van der Waals surface area (Å²) in [6, 6.07) is 4.30. The van der Waals surface area contributed by atoms with E-state index in [0.717, 1.165) is 17.8 Å². The number of hydrogen-bond donors (Lipinski definition) is 2. The van der Waals surface area contributed by atoms with E-state index in [4.69, 9.17) is 4.74 Å². The highest BCUT2D eigenvalue weighted by atomic mass is 32.2. The smallest absolute Gasteiger partial charge is 0.250 e. The van der Waals surface area contributed by atoms with Gasteiger partial charge >= 0.3 is 0 Å². The zero-order valence-electron chi connectivity index (χ0n) is 12.4. The molecule has 7 heteroatoms. The number of hydrogen-bond acceptors (Lipinski definition) is 5. The summed E-state index contributed by atoms with van der Waals surface area (Å²) in [5.74, 6) is 0. The molecule has 2 rings (SSSR count). The van der Waals surface area contributed by atoms with Crippen LogP contribution in [0.3, 0.4) is 0 Å². The van der Waals surface area contributed by atoms with Crippen LogP contribution in [0.5, 0.6) is 0 Å². The van der Waals surface area contributed by atoms with E-state index in [1.807, 2.05) is 13.0 Å². The van der Waals surface area contributed by atoms with Gasteiger partial charge in [-0.3, -0.25) is 0 Å². The van der Waals surface area contributed by atoms with Gasteiger partial charge in [0.15, 0.2) is 0 Å². The second kappa shape index (κ2) is 8.24. The summed E-state index contributed by atoms with van der Waals surface area (Å²) in [4.78, 5) is 1.11. The molecule has 1 fully saturated rings. The summed E-state index contributed by atoms with van der Waals surface area (Å²) < 4.78 is 32.4. The van der Waals surface area contributed by atoms with Crippen LogP contribution in [0.4, 0.5) is 0 Å². The van der Waals surface area contributed by atoms with Gasteiger partial charge in [-0.15, -0.1) is 11.3 Å². The first-order valence-electron chi connectivity index (χ1n) is 7.51. The van der Waals surface area contributed by atoms with E-state index in [-0.39, 0.29) is 0 Å². The molecule has 0 amide bonds. The summed E-state index contributed by atoms with van der Waals surface area (Å²) in [6.45, 7) is 4.51. The average molecular weight is 332 g/mol. The minimum absolute atomic E-state index is 0.403. The van der Waals surface area contributed by atoms with E-state index in [2.05, 4.69) is 10.0 Å². The molecule has 1 heterocycles. The lowest BCUT2D eigenvalue weighted by molar-refractivity contribution is 0.146. The lowest BCUT2D eigenvalue weighted by Gasteiger charge is -2.04. The first-order valence-corrected chi connectivity index (χ1v) is 9.81. The van der Waals surface area contributed by atoms with E-state index >= 15 is 0 Å². The molecule has 0 unspecified atom stereocenters. The maximum absolute atomic E-state index is 12.1. The highest BCUT2D eigenvalue weighted by molar-refractivity contribution is 7.91. The third-order valence-corrected chi connectivity index (χ3v) is 6.34. The molecule has 120 valence electrons. The molecule has 0 bridgehead atoms. The van der Waals surface area contributed by atoms with Crippen LogP contribution < -0.4 is 10.0 Å². The lowest BCUT2D eigenvalue weighted by atomic mass is 10.3. The molecule has 1 aromatic heterocycles. The molecule has 5 nitrogen and oxygen atoms in total. The highest BCUT2D eigenvalue weighted by Gasteiger charge is 2.20. The van der Waals surface area contributed by atoms with Gasteiger partial charge in [0, 0.05) is 37.2 Å². The molecule has 21 heavy (non-hydrogen) atoms. The molecule has 1 saturated carbocycles. The monoisotopic (exact) mass is 332 g/mol. The van der Waals surface area contributed by atoms with Crippen molar-refractivity contribution in [3.8, 4) is 0 Å². The lowest BCUT2D eigenvalue weighted by Crippen LogP contribution is -2.24. The van der Waals surface area contributed by atoms with Crippen molar-refractivity contribution >= 4 is 21.4 Å². The maximum atomic E-state index is 12.1. The maximum Gasteiger partial charge on any atom is 0.250 e. The van der Waals surface area contributed by atoms with Crippen molar-refractivity contribution in [2.24, 2.45) is 0 Å². The van der Waals surface area contributed by atoms with Crippen LogP contribution in [-0.4, -0.2) is 40.8 Å². The normalized spacial score (nSPS) is 15.5. The highest BCUT2D eigenvalue weighted by Crippen LogP contribution is 2.22. The molecule has 0 saturated heterocycles. The fourth-order valence-electron chi connectivity index (χ4n) is 1.92. The Morgan fingerprint density at radius 2 is 2.14 bits per heavy atom. The number of sulfonamides is 1. The molecule has 1 aromatic rings. The van der Waals surface area contributed by atoms with Crippen LogP contribution >= 0.6 is 11.3 Å². The fraction of sp³-hybridized carbons (Fsp3) is 0.714. The van der Waals surface area contributed by atoms with Crippen molar-refractivity contribution in [3.05, 3.63) is 17.0 Å². The number of rotatable bonds is 11. The van der Waals surface area contributed by atoms with Gasteiger partial charge in [0.2, 0.25) is 10.0 Å². The van der Waals surface area contributed by atoms with Gasteiger partial charge < -0.3 is 10.1 Å². The van der Waals surface area contributed by atoms with E-state index in [1.54, 1.807) is 6.07 Å². The Morgan fingerprint density at radius 1 is 1.33 bits per heavy atom. The Morgan fingerprint density at radius 3 is 2.86 bits per heavy atom. The quantitative estimate of drug-likeness (QED) is 0.606. The molecule has 0 atom stereocenters. The van der Waals surface area contributed by atoms with E-state index in [9.17, 15) is 8.42 Å². The number of ether oxygens (including phenoxy) is 1. The molecular formula is C14H24N2O3S2. The van der Waals surface area contributed by atoms with Crippen molar-refractivity contribution in [3.63, 3.8) is 0 Å². The Kier molecular flexibility index (Phi) is 6.63. The van der Waals surface area contributed by atoms with Crippen LogP contribution in [-0.2, 0) is 21.2 Å². The molecule has 1 aliphatic carbocycles. The van der Waals surface area contributed by atoms with Gasteiger partial charge in [0.25, 0.3) is 0 Å². The standard InChI is InChI=1S/C14H24N2O3S2/c1-2-19-11-3-9-16-21(17,18)14-7-6-13(20-14)8-10-15-12-4-5-12/h6-7,12,15-16H,2-5,8-11H2,1H3. The Hall–Kier alpha value is -0.470. The summed E-state index contributed by atoms with van der Waals surface area (Å²) in [7, 11) is -3.36. The average Bonchev–Trinajstić information content (AvgIpc) is 3.14. The molecule has 0 spiro atoms. The molecule has 0 aromatic carbocycles.